The Morgan fingerprint density at radius 1 is 1.05 bits per heavy atom. The van der Waals surface area contributed by atoms with Gasteiger partial charge in [0.05, 0.1) is 12.1 Å². The van der Waals surface area contributed by atoms with E-state index in [1.807, 2.05) is 54.6 Å². The summed E-state index contributed by atoms with van der Waals surface area (Å²) < 4.78 is 0. The highest BCUT2D eigenvalue weighted by Gasteiger charge is 2.50. The first kappa shape index (κ1) is 28.6. The molecule has 0 unspecified atom stereocenters. The number of nitrogens with zero attached hydrogens (tertiary/aromatic N) is 3. The Bertz CT molecular complexity index is 1540. The van der Waals surface area contributed by atoms with E-state index in [-0.39, 0.29) is 30.8 Å². The summed E-state index contributed by atoms with van der Waals surface area (Å²) in [6, 6.07) is 16.2. The van der Waals surface area contributed by atoms with Crippen LogP contribution in [0, 0.1) is 0 Å². The van der Waals surface area contributed by atoms with Gasteiger partial charge in [0.15, 0.2) is 5.70 Å². The van der Waals surface area contributed by atoms with Gasteiger partial charge in [0.1, 0.15) is 17.8 Å². The fraction of sp³-hybridized carbons (Fsp3) is 0.300. The number of aromatic nitrogens is 1. The van der Waals surface area contributed by atoms with E-state index in [1.54, 1.807) is 19.9 Å². The maximum atomic E-state index is 13.5. The molecule has 12 nitrogen and oxygen atoms in total. The lowest BCUT2D eigenvalue weighted by Gasteiger charge is -2.21. The monoisotopic (exact) mass is 572 g/mol. The fourth-order valence-corrected chi connectivity index (χ4v) is 5.39. The van der Waals surface area contributed by atoms with Crippen molar-refractivity contribution >= 4 is 40.5 Å². The number of rotatable bonds is 10. The van der Waals surface area contributed by atoms with E-state index in [0.29, 0.717) is 13.1 Å². The zero-order valence-electron chi connectivity index (χ0n) is 23.3. The predicted octanol–water partition coefficient (Wildman–Crippen LogP) is 1.27. The van der Waals surface area contributed by atoms with Crippen LogP contribution in [0.4, 0.5) is 0 Å². The zero-order valence-corrected chi connectivity index (χ0v) is 23.3. The Labute approximate surface area is 241 Å². The maximum absolute atomic E-state index is 13.5. The molecule has 3 heterocycles. The second-order valence-electron chi connectivity index (χ2n) is 10.2. The van der Waals surface area contributed by atoms with Crippen molar-refractivity contribution in [2.24, 2.45) is 0 Å². The third-order valence-electron chi connectivity index (χ3n) is 7.53. The van der Waals surface area contributed by atoms with Gasteiger partial charge in [-0.05, 0) is 31.5 Å². The number of carbonyl (C=O) groups excluding carboxylic acids is 4. The smallest absolute Gasteiger partial charge is 0.354 e. The van der Waals surface area contributed by atoms with E-state index in [1.165, 1.54) is 9.91 Å². The number of hydrogen-bond acceptors (Lipinski definition) is 6. The normalized spacial score (nSPS) is 17.3. The number of amides is 4. The summed E-state index contributed by atoms with van der Waals surface area (Å²) in [6.45, 7) is 4.28. The average molecular weight is 573 g/mol. The molecule has 0 radical (unpaired) electrons. The number of para-hydroxylation sites is 1. The maximum Gasteiger partial charge on any atom is 0.354 e. The topological polar surface area (TPSA) is 155 Å². The molecule has 4 amide bonds. The van der Waals surface area contributed by atoms with Crippen molar-refractivity contribution < 1.29 is 29.1 Å². The molecule has 2 aromatic carbocycles. The molecule has 2 aliphatic heterocycles. The lowest BCUT2D eigenvalue weighted by molar-refractivity contribution is -0.143. The number of benzene rings is 2. The summed E-state index contributed by atoms with van der Waals surface area (Å²) in [7, 11) is 0. The second-order valence-corrected chi connectivity index (χ2v) is 10.2. The Balaban J connectivity index is 1.35. The molecule has 3 aromatic rings. The molecule has 1 saturated heterocycles. The van der Waals surface area contributed by atoms with Crippen LogP contribution in [0.1, 0.15) is 29.9 Å². The van der Waals surface area contributed by atoms with Gasteiger partial charge in [-0.15, -0.1) is 0 Å². The third-order valence-corrected chi connectivity index (χ3v) is 7.53. The molecule has 218 valence electrons. The first-order valence-corrected chi connectivity index (χ1v) is 13.8. The third kappa shape index (κ3) is 5.48. The number of hydrogen-bond donors (Lipinski definition) is 4. The van der Waals surface area contributed by atoms with Crippen LogP contribution in [-0.2, 0) is 25.6 Å². The van der Waals surface area contributed by atoms with E-state index in [2.05, 4.69) is 15.6 Å². The quantitative estimate of drug-likeness (QED) is 0.285. The first-order chi connectivity index (χ1) is 20.2. The number of carboxylic acid groups (broad SMARTS) is 1. The van der Waals surface area contributed by atoms with Crippen LogP contribution in [0.2, 0.25) is 0 Å². The van der Waals surface area contributed by atoms with E-state index in [4.69, 9.17) is 0 Å². The highest BCUT2D eigenvalue weighted by atomic mass is 16.4. The number of likely N-dealkylation sites (N-methyl/N-ethyl adjacent to an activating group) is 1. The number of hydrazine groups is 1. The molecular weight excluding hydrogens is 540 g/mol. The lowest BCUT2D eigenvalue weighted by Crippen LogP contribution is -2.53. The van der Waals surface area contributed by atoms with Crippen LogP contribution in [0.25, 0.3) is 10.9 Å². The van der Waals surface area contributed by atoms with Crippen LogP contribution in [0.3, 0.4) is 0 Å². The number of nitrogens with one attached hydrogen (secondary N) is 3. The van der Waals surface area contributed by atoms with E-state index < -0.39 is 47.4 Å². The number of carbonyl (C=O) groups is 5. The largest absolute Gasteiger partial charge is 0.477 e. The molecular formula is C30H32N6O6. The minimum absolute atomic E-state index is 0.0234. The van der Waals surface area contributed by atoms with Crippen molar-refractivity contribution in [3.05, 3.63) is 83.2 Å². The van der Waals surface area contributed by atoms with Gasteiger partial charge in [-0.25, -0.2) is 14.8 Å². The number of carboxylic acids is 1. The Hall–Kier alpha value is -4.97. The highest BCUT2D eigenvalue weighted by molar-refractivity contribution is 6.07. The summed E-state index contributed by atoms with van der Waals surface area (Å²) in [6.07, 6.45) is 0.162. The zero-order chi connectivity index (χ0) is 30.0. The van der Waals surface area contributed by atoms with Crippen molar-refractivity contribution in [2.75, 3.05) is 26.2 Å². The van der Waals surface area contributed by atoms with Gasteiger partial charge in [0.2, 0.25) is 5.91 Å². The SMILES string of the molecule is CCN(CC)C(=O)C1=C(C(=O)O)N2C(=O)[C@@H](NC(=O)[C@H](Cc3ccccc3)NC(=O)c3cc4ccccc4[nH]3)CN2C1. The minimum atomic E-state index is -1.40. The first-order valence-electron chi connectivity index (χ1n) is 13.8. The minimum Gasteiger partial charge on any atom is -0.477 e. The molecule has 1 fully saturated rings. The van der Waals surface area contributed by atoms with Gasteiger partial charge in [-0.3, -0.25) is 19.2 Å². The van der Waals surface area contributed by atoms with Crippen molar-refractivity contribution in [3.8, 4) is 0 Å². The Morgan fingerprint density at radius 3 is 2.40 bits per heavy atom. The van der Waals surface area contributed by atoms with Crippen LogP contribution in [0.15, 0.2) is 71.9 Å². The van der Waals surface area contributed by atoms with Gasteiger partial charge in [0.25, 0.3) is 17.7 Å². The molecule has 2 atom stereocenters. The molecule has 0 saturated carbocycles. The molecule has 0 bridgehead atoms. The van der Waals surface area contributed by atoms with Crippen molar-refractivity contribution in [2.45, 2.75) is 32.4 Å². The van der Waals surface area contributed by atoms with E-state index in [9.17, 15) is 29.1 Å². The molecule has 5 rings (SSSR count). The number of aromatic amines is 1. The number of H-pyrrole nitrogens is 1. The predicted molar refractivity (Wildman–Crippen MR) is 153 cm³/mol. The van der Waals surface area contributed by atoms with Gasteiger partial charge in [-0.2, -0.15) is 0 Å². The Kier molecular flexibility index (Phi) is 8.07. The van der Waals surface area contributed by atoms with Gasteiger partial charge in [-0.1, -0.05) is 48.5 Å². The molecule has 0 spiro atoms. The fourth-order valence-electron chi connectivity index (χ4n) is 5.39. The van der Waals surface area contributed by atoms with Crippen molar-refractivity contribution in [1.29, 1.82) is 0 Å². The van der Waals surface area contributed by atoms with Crippen LogP contribution in [-0.4, -0.2) is 92.9 Å². The second kappa shape index (κ2) is 11.9. The molecule has 42 heavy (non-hydrogen) atoms. The lowest BCUT2D eigenvalue weighted by atomic mass is 10.0. The summed E-state index contributed by atoms with van der Waals surface area (Å²) in [5, 5.41) is 18.7. The van der Waals surface area contributed by atoms with E-state index in [0.717, 1.165) is 21.5 Å². The molecule has 2 aliphatic rings. The molecule has 0 aliphatic carbocycles. The van der Waals surface area contributed by atoms with Gasteiger partial charge in [0, 0.05) is 37.0 Å². The van der Waals surface area contributed by atoms with Crippen LogP contribution >= 0.6 is 0 Å². The Morgan fingerprint density at radius 2 is 1.74 bits per heavy atom. The molecule has 4 N–H and O–H groups in total. The van der Waals surface area contributed by atoms with Gasteiger partial charge >= 0.3 is 5.97 Å². The number of fused-ring (bicyclic) bond motifs is 2. The van der Waals surface area contributed by atoms with Gasteiger partial charge < -0.3 is 25.6 Å². The summed E-state index contributed by atoms with van der Waals surface area (Å²) in [5.41, 5.74) is 1.48. The van der Waals surface area contributed by atoms with Crippen molar-refractivity contribution in [3.63, 3.8) is 0 Å². The molecule has 1 aromatic heterocycles. The number of aliphatic carboxylic acids is 1. The van der Waals surface area contributed by atoms with E-state index >= 15 is 0 Å². The van der Waals surface area contributed by atoms with Crippen LogP contribution < -0.4 is 10.6 Å². The summed E-state index contributed by atoms with van der Waals surface area (Å²) in [4.78, 5) is 69.8. The standard InChI is InChI=1S/C30H32N6O6/c1-3-34(4-2)28(39)20-16-35-17-24(29(40)36(35)25(20)30(41)42)33-26(37)22(14-18-10-6-5-7-11-18)32-27(38)23-15-19-12-8-9-13-21(19)31-23/h5-13,15,22,24,31H,3-4,14,16-17H2,1-2H3,(H,32,38)(H,33,37)(H,41,42)/t22-,24-/m0/s1. The summed E-state index contributed by atoms with van der Waals surface area (Å²) >= 11 is 0. The van der Waals surface area contributed by atoms with Crippen molar-refractivity contribution in [1.82, 2.24) is 30.5 Å². The summed E-state index contributed by atoms with van der Waals surface area (Å²) in [5.74, 6) is -3.59. The highest BCUT2D eigenvalue weighted by Crippen LogP contribution is 2.30. The molecule has 12 heteroatoms. The average Bonchev–Trinajstić information content (AvgIpc) is 3.66. The van der Waals surface area contributed by atoms with Crippen LogP contribution in [0.5, 0.6) is 0 Å².